The van der Waals surface area contributed by atoms with Crippen LogP contribution in [0.15, 0.2) is 89.5 Å². The van der Waals surface area contributed by atoms with Gasteiger partial charge in [-0.1, -0.05) is 48.5 Å². The van der Waals surface area contributed by atoms with E-state index in [0.29, 0.717) is 0 Å². The molecule has 2 heterocycles. The Morgan fingerprint density at radius 3 is 2.42 bits per heavy atom. The van der Waals surface area contributed by atoms with Crippen molar-refractivity contribution in [2.24, 2.45) is 0 Å². The normalized spacial score (nSPS) is 11.3. The second-order valence-corrected chi connectivity index (χ2v) is 6.53. The summed E-state index contributed by atoms with van der Waals surface area (Å²) < 4.78 is 6.34. The highest BCUT2D eigenvalue weighted by molar-refractivity contribution is 6.11. The second kappa shape index (κ2) is 5.85. The van der Waals surface area contributed by atoms with Crippen LogP contribution >= 0.6 is 0 Å². The largest absolute Gasteiger partial charge is 0.455 e. The van der Waals surface area contributed by atoms with Crippen molar-refractivity contribution in [1.82, 2.24) is 4.98 Å². The molecular formula is C24H17NO. The molecule has 0 spiro atoms. The lowest BCUT2D eigenvalue weighted by atomic mass is 10.00. The van der Waals surface area contributed by atoms with Crippen molar-refractivity contribution in [3.05, 3.63) is 90.6 Å². The predicted octanol–water partition coefficient (Wildman–Crippen LogP) is 6.62. The first-order valence-corrected chi connectivity index (χ1v) is 8.74. The molecule has 3 aromatic carbocycles. The van der Waals surface area contributed by atoms with Crippen LogP contribution in [0.5, 0.6) is 0 Å². The minimum Gasteiger partial charge on any atom is -0.455 e. The number of fused-ring (bicyclic) bond motifs is 3. The molecular weight excluding hydrogens is 318 g/mol. The van der Waals surface area contributed by atoms with E-state index in [0.717, 1.165) is 33.4 Å². The quantitative estimate of drug-likeness (QED) is 0.362. The van der Waals surface area contributed by atoms with Gasteiger partial charge in [-0.3, -0.25) is 4.98 Å². The molecule has 0 amide bonds. The second-order valence-electron chi connectivity index (χ2n) is 6.53. The van der Waals surface area contributed by atoms with Crippen LogP contribution in [0.2, 0.25) is 0 Å². The molecule has 124 valence electrons. The van der Waals surface area contributed by atoms with E-state index in [4.69, 9.17) is 4.42 Å². The van der Waals surface area contributed by atoms with Crippen LogP contribution in [0.1, 0.15) is 5.56 Å². The maximum absolute atomic E-state index is 6.34. The average molecular weight is 335 g/mol. The highest BCUT2D eigenvalue weighted by Gasteiger charge is 2.15. The molecule has 2 aromatic heterocycles. The molecule has 0 N–H and O–H groups in total. The lowest BCUT2D eigenvalue weighted by molar-refractivity contribution is 0.670. The van der Waals surface area contributed by atoms with Gasteiger partial charge in [-0.25, -0.2) is 0 Å². The number of hydrogen-bond donors (Lipinski definition) is 0. The minimum absolute atomic E-state index is 0.906. The Morgan fingerprint density at radius 2 is 1.62 bits per heavy atom. The van der Waals surface area contributed by atoms with Crippen LogP contribution in [-0.4, -0.2) is 4.98 Å². The van der Waals surface area contributed by atoms with Crippen molar-refractivity contribution in [3.8, 4) is 22.4 Å². The van der Waals surface area contributed by atoms with Crippen LogP contribution in [0, 0.1) is 6.92 Å². The van der Waals surface area contributed by atoms with E-state index < -0.39 is 0 Å². The number of pyridine rings is 1. The third kappa shape index (κ3) is 2.31. The smallest absolute Gasteiger partial charge is 0.145 e. The molecule has 5 rings (SSSR count). The third-order valence-electron chi connectivity index (χ3n) is 4.88. The van der Waals surface area contributed by atoms with Gasteiger partial charge in [0.15, 0.2) is 0 Å². The molecule has 0 saturated carbocycles. The molecule has 0 aliphatic rings. The zero-order chi connectivity index (χ0) is 17.5. The first kappa shape index (κ1) is 14.9. The van der Waals surface area contributed by atoms with E-state index in [1.54, 1.807) is 0 Å². The van der Waals surface area contributed by atoms with E-state index >= 15 is 0 Å². The molecule has 0 radical (unpaired) electrons. The molecule has 5 aromatic rings. The zero-order valence-electron chi connectivity index (χ0n) is 14.4. The van der Waals surface area contributed by atoms with Gasteiger partial charge in [0.2, 0.25) is 0 Å². The lowest BCUT2D eigenvalue weighted by Gasteiger charge is -2.03. The van der Waals surface area contributed by atoms with Gasteiger partial charge in [0.05, 0.1) is 5.69 Å². The van der Waals surface area contributed by atoms with Gasteiger partial charge in [-0.2, -0.15) is 0 Å². The standard InChI is InChI=1S/C24H17NO/c1-16-10-12-19(21-9-5-6-14-25-21)24-23(16)20-13-11-18(15-22(20)26-24)17-7-3-2-4-8-17/h2-15H,1H3. The number of nitrogens with zero attached hydrogens (tertiary/aromatic N) is 1. The number of furan rings is 1. The summed E-state index contributed by atoms with van der Waals surface area (Å²) in [7, 11) is 0. The first-order chi connectivity index (χ1) is 12.8. The molecule has 0 unspecified atom stereocenters. The van der Waals surface area contributed by atoms with Crippen LogP contribution in [-0.2, 0) is 0 Å². The Balaban J connectivity index is 1.80. The van der Waals surface area contributed by atoms with Crippen LogP contribution in [0.4, 0.5) is 0 Å². The number of aromatic nitrogens is 1. The highest BCUT2D eigenvalue weighted by Crippen LogP contribution is 2.38. The fourth-order valence-corrected chi connectivity index (χ4v) is 3.58. The van der Waals surface area contributed by atoms with Crippen molar-refractivity contribution in [3.63, 3.8) is 0 Å². The predicted molar refractivity (Wildman–Crippen MR) is 107 cm³/mol. The van der Waals surface area contributed by atoms with Crippen molar-refractivity contribution >= 4 is 21.9 Å². The molecule has 0 bridgehead atoms. The fourth-order valence-electron chi connectivity index (χ4n) is 3.58. The van der Waals surface area contributed by atoms with Gasteiger partial charge in [0, 0.05) is 22.5 Å². The van der Waals surface area contributed by atoms with Gasteiger partial charge < -0.3 is 4.42 Å². The van der Waals surface area contributed by atoms with Gasteiger partial charge in [0.25, 0.3) is 0 Å². The molecule has 2 nitrogen and oxygen atoms in total. The summed E-state index contributed by atoms with van der Waals surface area (Å²) in [4.78, 5) is 4.50. The number of benzene rings is 3. The Kier molecular flexibility index (Phi) is 3.36. The SMILES string of the molecule is Cc1ccc(-c2ccccn2)c2oc3cc(-c4ccccc4)ccc3c12. The Bertz CT molecular complexity index is 1220. The first-order valence-electron chi connectivity index (χ1n) is 8.74. The van der Waals surface area contributed by atoms with Gasteiger partial charge in [-0.15, -0.1) is 0 Å². The van der Waals surface area contributed by atoms with Gasteiger partial charge >= 0.3 is 0 Å². The van der Waals surface area contributed by atoms with Crippen molar-refractivity contribution in [1.29, 1.82) is 0 Å². The zero-order valence-corrected chi connectivity index (χ0v) is 14.4. The summed E-state index contributed by atoms with van der Waals surface area (Å²) in [5.74, 6) is 0. The van der Waals surface area contributed by atoms with Crippen LogP contribution in [0.3, 0.4) is 0 Å². The minimum atomic E-state index is 0.906. The van der Waals surface area contributed by atoms with E-state index in [-0.39, 0.29) is 0 Å². The van der Waals surface area contributed by atoms with E-state index in [2.05, 4.69) is 66.5 Å². The summed E-state index contributed by atoms with van der Waals surface area (Å²) in [5, 5.41) is 2.32. The number of hydrogen-bond acceptors (Lipinski definition) is 2. The Labute approximate surface area is 151 Å². The average Bonchev–Trinajstić information content (AvgIpc) is 3.09. The van der Waals surface area contributed by atoms with Gasteiger partial charge in [-0.05, 0) is 53.9 Å². The highest BCUT2D eigenvalue weighted by atomic mass is 16.3. The van der Waals surface area contributed by atoms with E-state index in [9.17, 15) is 0 Å². The van der Waals surface area contributed by atoms with Crippen LogP contribution < -0.4 is 0 Å². The summed E-state index contributed by atoms with van der Waals surface area (Å²) in [6.07, 6.45) is 1.82. The number of aryl methyl sites for hydroxylation is 1. The molecule has 0 saturated heterocycles. The lowest BCUT2D eigenvalue weighted by Crippen LogP contribution is -1.84. The van der Waals surface area contributed by atoms with Crippen molar-refractivity contribution in [2.75, 3.05) is 0 Å². The topological polar surface area (TPSA) is 26.0 Å². The molecule has 26 heavy (non-hydrogen) atoms. The monoisotopic (exact) mass is 335 g/mol. The molecule has 0 aliphatic carbocycles. The third-order valence-corrected chi connectivity index (χ3v) is 4.88. The fraction of sp³-hybridized carbons (Fsp3) is 0.0417. The van der Waals surface area contributed by atoms with Gasteiger partial charge in [0.1, 0.15) is 11.2 Å². The maximum Gasteiger partial charge on any atom is 0.145 e. The number of rotatable bonds is 2. The maximum atomic E-state index is 6.34. The van der Waals surface area contributed by atoms with E-state index in [1.807, 2.05) is 30.5 Å². The molecule has 0 fully saturated rings. The van der Waals surface area contributed by atoms with E-state index in [1.165, 1.54) is 16.5 Å². The van der Waals surface area contributed by atoms with Crippen molar-refractivity contribution < 1.29 is 4.42 Å². The summed E-state index contributed by atoms with van der Waals surface area (Å²) >= 11 is 0. The summed E-state index contributed by atoms with van der Waals surface area (Å²) in [6.45, 7) is 2.13. The summed E-state index contributed by atoms with van der Waals surface area (Å²) in [5.41, 5.74) is 7.34. The molecule has 2 heteroatoms. The molecule has 0 atom stereocenters. The van der Waals surface area contributed by atoms with Crippen LogP contribution in [0.25, 0.3) is 44.3 Å². The summed E-state index contributed by atoms with van der Waals surface area (Å²) in [6, 6.07) is 27.0. The Morgan fingerprint density at radius 1 is 0.769 bits per heavy atom. The van der Waals surface area contributed by atoms with Crippen molar-refractivity contribution in [2.45, 2.75) is 6.92 Å². The molecule has 0 aliphatic heterocycles. The Hall–Kier alpha value is -3.39.